The summed E-state index contributed by atoms with van der Waals surface area (Å²) in [7, 11) is 0. The lowest BCUT2D eigenvalue weighted by Gasteiger charge is -2.00. The molecular formula is C10H13NO. The van der Waals surface area contributed by atoms with Gasteiger partial charge in [-0.25, -0.2) is 10.2 Å². The number of isocyanates is 1. The first-order valence-corrected chi connectivity index (χ1v) is 3.70. The van der Waals surface area contributed by atoms with E-state index >= 15 is 0 Å². The Kier molecular flexibility index (Phi) is 4.66. The van der Waals surface area contributed by atoms with Crippen molar-refractivity contribution < 1.29 is 4.79 Å². The molecule has 64 valence electrons. The minimum atomic E-state index is 0.750. The summed E-state index contributed by atoms with van der Waals surface area (Å²) in [6.45, 7) is 6.44. The molecule has 1 N–H and O–H groups in total. The van der Waals surface area contributed by atoms with Crippen LogP contribution in [0.2, 0.25) is 0 Å². The molecule has 1 rings (SSSR count). The van der Waals surface area contributed by atoms with Crippen LogP contribution < -0.4 is 0 Å². The van der Waals surface area contributed by atoms with Gasteiger partial charge >= 0.3 is 0 Å². The van der Waals surface area contributed by atoms with Crippen LogP contribution in [0.3, 0.4) is 0 Å². The van der Waals surface area contributed by atoms with Crippen molar-refractivity contribution in [1.29, 1.82) is 5.41 Å². The van der Waals surface area contributed by atoms with E-state index < -0.39 is 0 Å². The van der Waals surface area contributed by atoms with E-state index in [9.17, 15) is 0 Å². The Morgan fingerprint density at radius 3 is 1.75 bits per heavy atom. The second kappa shape index (κ2) is 5.28. The molecule has 0 aliphatic carbocycles. The largest absolute Gasteiger partial charge is 0.231 e. The molecule has 0 unspecified atom stereocenters. The maximum Gasteiger partial charge on any atom is 0.231 e. The zero-order valence-corrected chi connectivity index (χ0v) is 7.64. The van der Waals surface area contributed by atoms with Crippen LogP contribution in [0.4, 0.5) is 0 Å². The molecule has 0 aliphatic rings. The molecule has 1 aromatic carbocycles. The molecule has 12 heavy (non-hydrogen) atoms. The molecule has 1 aromatic rings. The molecule has 0 heterocycles. The van der Waals surface area contributed by atoms with Gasteiger partial charge in [0.1, 0.15) is 0 Å². The summed E-state index contributed by atoms with van der Waals surface area (Å²) in [6.07, 6.45) is 0.750. The summed E-state index contributed by atoms with van der Waals surface area (Å²) in [5, 5.41) is 5.40. The van der Waals surface area contributed by atoms with E-state index in [0.717, 1.165) is 6.08 Å². The highest BCUT2D eigenvalue weighted by Gasteiger charge is 1.91. The standard InChI is InChI=1S/C9H12.CHNO/c1-7-5-4-6-8(2)9(7)3;2-1-3/h4-6H,1-3H3;2H. The lowest BCUT2D eigenvalue weighted by molar-refractivity contribution is 0.563. The molecule has 2 nitrogen and oxygen atoms in total. The van der Waals surface area contributed by atoms with Crippen molar-refractivity contribution in [1.82, 2.24) is 0 Å². The molecule has 0 aromatic heterocycles. The van der Waals surface area contributed by atoms with Gasteiger partial charge in [-0.1, -0.05) is 18.2 Å². The van der Waals surface area contributed by atoms with Crippen molar-refractivity contribution in [2.75, 3.05) is 0 Å². The highest BCUT2D eigenvalue weighted by molar-refractivity contribution is 5.31. The van der Waals surface area contributed by atoms with E-state index in [2.05, 4.69) is 39.0 Å². The zero-order chi connectivity index (χ0) is 9.56. The van der Waals surface area contributed by atoms with E-state index in [4.69, 9.17) is 10.2 Å². The molecule has 0 saturated carbocycles. The van der Waals surface area contributed by atoms with Gasteiger partial charge in [0.2, 0.25) is 6.08 Å². The zero-order valence-electron chi connectivity index (χ0n) is 7.64. The summed E-state index contributed by atoms with van der Waals surface area (Å²) in [6, 6.07) is 6.38. The second-order valence-electron chi connectivity index (χ2n) is 2.62. The van der Waals surface area contributed by atoms with Gasteiger partial charge in [0.15, 0.2) is 0 Å². The number of nitrogens with one attached hydrogen (secondary N) is 1. The monoisotopic (exact) mass is 163 g/mol. The molecule has 0 aliphatic heterocycles. The molecule has 0 saturated heterocycles. The normalized spacial score (nSPS) is 7.92. The lowest BCUT2D eigenvalue weighted by atomic mass is 10.1. The van der Waals surface area contributed by atoms with Gasteiger partial charge in [0.25, 0.3) is 0 Å². The first-order chi connectivity index (χ1) is 5.63. The molecule has 0 bridgehead atoms. The van der Waals surface area contributed by atoms with Gasteiger partial charge in [-0.2, -0.15) is 0 Å². The molecular weight excluding hydrogens is 150 g/mol. The Morgan fingerprint density at radius 1 is 1.17 bits per heavy atom. The maximum atomic E-state index is 8.35. The lowest BCUT2D eigenvalue weighted by Crippen LogP contribution is -1.82. The fraction of sp³-hybridized carbons (Fsp3) is 0.300. The maximum absolute atomic E-state index is 8.35. The highest BCUT2D eigenvalue weighted by Crippen LogP contribution is 2.09. The van der Waals surface area contributed by atoms with Crippen molar-refractivity contribution in [3.8, 4) is 0 Å². The second-order valence-corrected chi connectivity index (χ2v) is 2.62. The van der Waals surface area contributed by atoms with E-state index in [-0.39, 0.29) is 0 Å². The molecule has 0 amide bonds. The van der Waals surface area contributed by atoms with Crippen LogP contribution in [-0.2, 0) is 4.79 Å². The number of aryl methyl sites for hydroxylation is 2. The van der Waals surface area contributed by atoms with E-state index in [1.165, 1.54) is 16.7 Å². The number of benzene rings is 1. The third-order valence-corrected chi connectivity index (χ3v) is 1.88. The number of hydrogen-bond donors (Lipinski definition) is 1. The number of rotatable bonds is 0. The van der Waals surface area contributed by atoms with Crippen molar-refractivity contribution in [2.45, 2.75) is 20.8 Å². The topological polar surface area (TPSA) is 40.9 Å². The van der Waals surface area contributed by atoms with Crippen LogP contribution in [0.15, 0.2) is 18.2 Å². The van der Waals surface area contributed by atoms with Crippen molar-refractivity contribution in [3.05, 3.63) is 34.9 Å². The number of carbonyl (C=O) groups excluding carboxylic acids is 1. The molecule has 2 heteroatoms. The fourth-order valence-electron chi connectivity index (χ4n) is 0.898. The van der Waals surface area contributed by atoms with Gasteiger partial charge in [-0.3, -0.25) is 0 Å². The summed E-state index contributed by atoms with van der Waals surface area (Å²) in [5.74, 6) is 0. The Bertz CT molecular complexity index is 266. The predicted octanol–water partition coefficient (Wildman–Crippen LogP) is 2.51. The number of hydrogen-bond acceptors (Lipinski definition) is 2. The molecule has 0 atom stereocenters. The fourth-order valence-corrected chi connectivity index (χ4v) is 0.898. The molecule has 0 spiro atoms. The van der Waals surface area contributed by atoms with Crippen LogP contribution in [0.1, 0.15) is 16.7 Å². The van der Waals surface area contributed by atoms with Crippen LogP contribution in [0, 0.1) is 26.2 Å². The first kappa shape index (κ1) is 10.6. The Labute approximate surface area is 72.7 Å². The summed E-state index contributed by atoms with van der Waals surface area (Å²) in [5.41, 5.74) is 4.18. The third-order valence-electron chi connectivity index (χ3n) is 1.88. The Hall–Kier alpha value is -1.40. The van der Waals surface area contributed by atoms with Gasteiger partial charge in [-0.05, 0) is 37.5 Å². The van der Waals surface area contributed by atoms with Crippen LogP contribution in [0.5, 0.6) is 0 Å². The van der Waals surface area contributed by atoms with Crippen molar-refractivity contribution >= 4 is 6.08 Å². The SMILES string of the molecule is Cc1cccc(C)c1C.N=C=O. The molecule has 0 fully saturated rings. The van der Waals surface area contributed by atoms with Gasteiger partial charge < -0.3 is 0 Å². The minimum Gasteiger partial charge on any atom is -0.222 e. The van der Waals surface area contributed by atoms with E-state index in [0.29, 0.717) is 0 Å². The third kappa shape index (κ3) is 3.13. The summed E-state index contributed by atoms with van der Waals surface area (Å²) >= 11 is 0. The summed E-state index contributed by atoms with van der Waals surface area (Å²) < 4.78 is 0. The highest BCUT2D eigenvalue weighted by atomic mass is 16.1. The first-order valence-electron chi connectivity index (χ1n) is 3.70. The minimum absolute atomic E-state index is 0.750. The van der Waals surface area contributed by atoms with E-state index in [1.54, 1.807) is 0 Å². The van der Waals surface area contributed by atoms with Crippen molar-refractivity contribution in [2.24, 2.45) is 0 Å². The molecule has 0 radical (unpaired) electrons. The van der Waals surface area contributed by atoms with Crippen LogP contribution in [-0.4, -0.2) is 6.08 Å². The van der Waals surface area contributed by atoms with Gasteiger partial charge in [0, 0.05) is 0 Å². The average molecular weight is 163 g/mol. The summed E-state index contributed by atoms with van der Waals surface area (Å²) in [4.78, 5) is 8.35. The Morgan fingerprint density at radius 2 is 1.50 bits per heavy atom. The predicted molar refractivity (Wildman–Crippen MR) is 49.1 cm³/mol. The van der Waals surface area contributed by atoms with Crippen LogP contribution in [0.25, 0.3) is 0 Å². The van der Waals surface area contributed by atoms with Gasteiger partial charge in [0.05, 0.1) is 0 Å². The quantitative estimate of drug-likeness (QED) is 0.463. The average Bonchev–Trinajstić information content (AvgIpc) is 2.02. The van der Waals surface area contributed by atoms with Crippen molar-refractivity contribution in [3.63, 3.8) is 0 Å². The van der Waals surface area contributed by atoms with Crippen LogP contribution >= 0.6 is 0 Å². The van der Waals surface area contributed by atoms with Gasteiger partial charge in [-0.15, -0.1) is 0 Å². The van der Waals surface area contributed by atoms with E-state index in [1.807, 2.05) is 0 Å². The smallest absolute Gasteiger partial charge is 0.222 e. The Balaban J connectivity index is 0.000000354.